The van der Waals surface area contributed by atoms with Gasteiger partial charge in [0.2, 0.25) is 0 Å². The lowest BCUT2D eigenvalue weighted by Crippen LogP contribution is -2.19. The van der Waals surface area contributed by atoms with Crippen molar-refractivity contribution in [3.05, 3.63) is 28.3 Å². The molecule has 90 valence electrons. The molecular weight excluding hydrogens is 224 g/mol. The molecule has 0 saturated heterocycles. The summed E-state index contributed by atoms with van der Waals surface area (Å²) in [6.45, 7) is 7.65. The van der Waals surface area contributed by atoms with Crippen LogP contribution in [-0.2, 0) is 5.60 Å². The second-order valence-corrected chi connectivity index (χ2v) is 5.22. The molecule has 1 rings (SSSR count). The average molecular weight is 243 g/mol. The average Bonchev–Trinajstić information content (AvgIpc) is 2.14. The molecular formula is C13H19ClO2. The molecule has 0 bridgehead atoms. The molecule has 0 atom stereocenters. The first kappa shape index (κ1) is 13.3. The van der Waals surface area contributed by atoms with E-state index in [4.69, 9.17) is 16.3 Å². The third-order valence-electron chi connectivity index (χ3n) is 2.56. The Morgan fingerprint density at radius 2 is 1.88 bits per heavy atom. The number of ether oxygens (including phenoxy) is 1. The summed E-state index contributed by atoms with van der Waals surface area (Å²) in [6.07, 6.45) is 0. The molecule has 0 spiro atoms. The first-order chi connectivity index (χ1) is 7.27. The smallest absolute Gasteiger partial charge is 0.124 e. The summed E-state index contributed by atoms with van der Waals surface area (Å²) in [4.78, 5) is 0. The van der Waals surface area contributed by atoms with E-state index in [0.29, 0.717) is 5.02 Å². The largest absolute Gasteiger partial charge is 0.496 e. The van der Waals surface area contributed by atoms with Crippen molar-refractivity contribution in [2.24, 2.45) is 0 Å². The number of hydrogen-bond donors (Lipinski definition) is 1. The second kappa shape index (κ2) is 4.64. The monoisotopic (exact) mass is 242 g/mol. The van der Waals surface area contributed by atoms with Crippen LogP contribution in [0.15, 0.2) is 12.1 Å². The van der Waals surface area contributed by atoms with Crippen molar-refractivity contribution in [1.29, 1.82) is 0 Å². The Morgan fingerprint density at radius 3 is 2.25 bits per heavy atom. The Hall–Kier alpha value is -0.730. The molecule has 1 aromatic rings. The van der Waals surface area contributed by atoms with Crippen LogP contribution in [0, 0.1) is 0 Å². The highest BCUT2D eigenvalue weighted by molar-refractivity contribution is 6.30. The number of benzene rings is 1. The molecule has 1 aromatic carbocycles. The van der Waals surface area contributed by atoms with Crippen LogP contribution < -0.4 is 4.74 Å². The Labute approximate surface area is 102 Å². The van der Waals surface area contributed by atoms with E-state index in [-0.39, 0.29) is 5.92 Å². The van der Waals surface area contributed by atoms with Gasteiger partial charge in [0.25, 0.3) is 0 Å². The minimum atomic E-state index is -0.919. The summed E-state index contributed by atoms with van der Waals surface area (Å²) < 4.78 is 5.33. The topological polar surface area (TPSA) is 29.5 Å². The van der Waals surface area contributed by atoms with Crippen LogP contribution in [0.2, 0.25) is 5.02 Å². The Bertz CT molecular complexity index is 378. The molecule has 0 aliphatic rings. The first-order valence-corrected chi connectivity index (χ1v) is 5.75. The number of hydrogen-bond acceptors (Lipinski definition) is 2. The van der Waals surface area contributed by atoms with Crippen molar-refractivity contribution < 1.29 is 9.84 Å². The Balaban J connectivity index is 3.51. The lowest BCUT2D eigenvalue weighted by atomic mass is 9.87. The Morgan fingerprint density at radius 1 is 1.31 bits per heavy atom. The van der Waals surface area contributed by atoms with Gasteiger partial charge >= 0.3 is 0 Å². The standard InChI is InChI=1S/C13H19ClO2/c1-8(2)12-10(13(3,4)15)6-9(14)7-11(12)16-5/h6-8,15H,1-5H3. The zero-order valence-corrected chi connectivity index (χ0v) is 11.2. The van der Waals surface area contributed by atoms with Gasteiger partial charge in [-0.05, 0) is 37.5 Å². The lowest BCUT2D eigenvalue weighted by molar-refractivity contribution is 0.0770. The van der Waals surface area contributed by atoms with E-state index in [9.17, 15) is 5.11 Å². The van der Waals surface area contributed by atoms with Crippen LogP contribution in [-0.4, -0.2) is 12.2 Å². The maximum absolute atomic E-state index is 10.1. The van der Waals surface area contributed by atoms with E-state index in [0.717, 1.165) is 16.9 Å². The minimum absolute atomic E-state index is 0.272. The van der Waals surface area contributed by atoms with E-state index in [1.807, 2.05) is 0 Å². The zero-order chi connectivity index (χ0) is 12.5. The van der Waals surface area contributed by atoms with E-state index in [1.165, 1.54) is 0 Å². The fourth-order valence-corrected chi connectivity index (χ4v) is 2.07. The molecule has 0 radical (unpaired) electrons. The predicted molar refractivity (Wildman–Crippen MR) is 67.3 cm³/mol. The van der Waals surface area contributed by atoms with Crippen molar-refractivity contribution in [2.45, 2.75) is 39.2 Å². The molecule has 2 nitrogen and oxygen atoms in total. The van der Waals surface area contributed by atoms with Crippen molar-refractivity contribution in [3.8, 4) is 5.75 Å². The van der Waals surface area contributed by atoms with Crippen molar-refractivity contribution >= 4 is 11.6 Å². The minimum Gasteiger partial charge on any atom is -0.496 e. The van der Waals surface area contributed by atoms with Gasteiger partial charge in [0.15, 0.2) is 0 Å². The summed E-state index contributed by atoms with van der Waals surface area (Å²) in [5.74, 6) is 1.01. The molecule has 0 aliphatic heterocycles. The summed E-state index contributed by atoms with van der Waals surface area (Å²) >= 11 is 6.02. The molecule has 0 aromatic heterocycles. The molecule has 1 N–H and O–H groups in total. The fraction of sp³-hybridized carbons (Fsp3) is 0.538. The highest BCUT2D eigenvalue weighted by Gasteiger charge is 2.25. The van der Waals surface area contributed by atoms with Crippen molar-refractivity contribution in [2.75, 3.05) is 7.11 Å². The maximum atomic E-state index is 10.1. The van der Waals surface area contributed by atoms with Gasteiger partial charge in [-0.2, -0.15) is 0 Å². The van der Waals surface area contributed by atoms with E-state index >= 15 is 0 Å². The van der Waals surface area contributed by atoms with Gasteiger partial charge in [-0.1, -0.05) is 25.4 Å². The molecule has 0 heterocycles. The van der Waals surface area contributed by atoms with Crippen LogP contribution in [0.25, 0.3) is 0 Å². The summed E-state index contributed by atoms with van der Waals surface area (Å²) in [6, 6.07) is 3.59. The molecule has 0 fully saturated rings. The van der Waals surface area contributed by atoms with Crippen LogP contribution in [0.4, 0.5) is 0 Å². The molecule has 0 amide bonds. The van der Waals surface area contributed by atoms with Gasteiger partial charge in [0.05, 0.1) is 12.7 Å². The van der Waals surface area contributed by atoms with Crippen molar-refractivity contribution in [3.63, 3.8) is 0 Å². The molecule has 0 aliphatic carbocycles. The summed E-state index contributed by atoms with van der Waals surface area (Å²) in [5, 5.41) is 10.7. The number of aliphatic hydroxyl groups is 1. The maximum Gasteiger partial charge on any atom is 0.124 e. The summed E-state index contributed by atoms with van der Waals surface area (Å²) in [7, 11) is 1.62. The first-order valence-electron chi connectivity index (χ1n) is 5.37. The van der Waals surface area contributed by atoms with Gasteiger partial charge in [-0.3, -0.25) is 0 Å². The number of methoxy groups -OCH3 is 1. The SMILES string of the molecule is COc1cc(Cl)cc(C(C)(C)O)c1C(C)C. The van der Waals surface area contributed by atoms with Crippen LogP contribution in [0.5, 0.6) is 5.75 Å². The zero-order valence-electron chi connectivity index (χ0n) is 10.5. The van der Waals surface area contributed by atoms with Gasteiger partial charge in [-0.25, -0.2) is 0 Å². The number of halogens is 1. The Kier molecular flexibility index (Phi) is 3.87. The molecule has 0 saturated carbocycles. The molecule has 16 heavy (non-hydrogen) atoms. The molecule has 3 heteroatoms. The highest BCUT2D eigenvalue weighted by Crippen LogP contribution is 2.38. The van der Waals surface area contributed by atoms with Crippen molar-refractivity contribution in [1.82, 2.24) is 0 Å². The van der Waals surface area contributed by atoms with Gasteiger partial charge in [-0.15, -0.1) is 0 Å². The van der Waals surface area contributed by atoms with Gasteiger partial charge in [0, 0.05) is 10.6 Å². The van der Waals surface area contributed by atoms with E-state index in [1.54, 1.807) is 33.1 Å². The normalized spacial score (nSPS) is 12.0. The predicted octanol–water partition coefficient (Wildman–Crippen LogP) is 3.70. The third-order valence-corrected chi connectivity index (χ3v) is 2.78. The van der Waals surface area contributed by atoms with Crippen LogP contribution in [0.1, 0.15) is 44.7 Å². The van der Waals surface area contributed by atoms with E-state index < -0.39 is 5.60 Å². The quantitative estimate of drug-likeness (QED) is 0.876. The summed E-state index contributed by atoms with van der Waals surface area (Å²) in [5.41, 5.74) is 0.920. The number of rotatable bonds is 3. The van der Waals surface area contributed by atoms with Gasteiger partial charge < -0.3 is 9.84 Å². The second-order valence-electron chi connectivity index (χ2n) is 4.78. The molecule has 0 unspecified atom stereocenters. The highest BCUT2D eigenvalue weighted by atomic mass is 35.5. The lowest BCUT2D eigenvalue weighted by Gasteiger charge is -2.25. The third kappa shape index (κ3) is 2.69. The fourth-order valence-electron chi connectivity index (χ4n) is 1.86. The van der Waals surface area contributed by atoms with Gasteiger partial charge in [0.1, 0.15) is 5.75 Å². The van der Waals surface area contributed by atoms with Crippen LogP contribution in [0.3, 0.4) is 0 Å². The van der Waals surface area contributed by atoms with Crippen LogP contribution >= 0.6 is 11.6 Å². The van der Waals surface area contributed by atoms with E-state index in [2.05, 4.69) is 13.8 Å².